The topological polar surface area (TPSA) is 114 Å². The lowest BCUT2D eigenvalue weighted by Crippen LogP contribution is -2.47. The third-order valence-corrected chi connectivity index (χ3v) is 3.95. The van der Waals surface area contributed by atoms with E-state index in [1.54, 1.807) is 31.4 Å². The van der Waals surface area contributed by atoms with E-state index in [0.717, 1.165) is 6.42 Å². The molecule has 1 atom stereocenters. The lowest BCUT2D eigenvalue weighted by Gasteiger charge is -2.20. The van der Waals surface area contributed by atoms with Gasteiger partial charge in [-0.05, 0) is 23.8 Å². The van der Waals surface area contributed by atoms with E-state index in [0.29, 0.717) is 11.4 Å². The molecule has 0 saturated heterocycles. The molecule has 0 aromatic carbocycles. The van der Waals surface area contributed by atoms with Gasteiger partial charge in [0.05, 0.1) is 4.88 Å². The molecule has 1 aromatic rings. The Hall–Kier alpha value is -2.42. The first-order valence-electron chi connectivity index (χ1n) is 7.93. The van der Waals surface area contributed by atoms with Gasteiger partial charge in [0.2, 0.25) is 0 Å². The third-order valence-electron chi connectivity index (χ3n) is 3.09. The molecule has 0 aliphatic heterocycles. The minimum atomic E-state index is -0.892. The predicted molar refractivity (Wildman–Crippen MR) is 93.2 cm³/mol. The van der Waals surface area contributed by atoms with E-state index in [-0.39, 0.29) is 11.8 Å². The van der Waals surface area contributed by atoms with Crippen LogP contribution in [0.15, 0.2) is 17.5 Å². The Balaban J connectivity index is 2.49. The number of carbonyl (C=O) groups excluding carboxylic acids is 4. The van der Waals surface area contributed by atoms with E-state index in [1.165, 1.54) is 11.3 Å². The van der Waals surface area contributed by atoms with Crippen LogP contribution in [0.25, 0.3) is 0 Å². The van der Waals surface area contributed by atoms with Crippen molar-refractivity contribution in [1.82, 2.24) is 16.0 Å². The summed E-state index contributed by atoms with van der Waals surface area (Å²) in [6.07, 6.45) is 0.733. The second-order valence-electron chi connectivity index (χ2n) is 5.58. The standard InChI is InChI=1S/C16H23N3O5S/c1-4-7-17-16(23)18-12(20)9-24-15(22)13(10(2)3)19-14(21)11-6-5-8-25-11/h5-6,8,10,13H,4,7,9H2,1-3H3,(H,19,21)(H2,17,18,20,23)/t13-/m1/s1. The first kappa shape index (κ1) is 20.6. The van der Waals surface area contributed by atoms with Gasteiger partial charge in [-0.25, -0.2) is 9.59 Å². The second kappa shape index (κ2) is 10.4. The molecule has 0 fully saturated rings. The molecule has 0 aliphatic rings. The first-order valence-corrected chi connectivity index (χ1v) is 8.81. The molecule has 8 nitrogen and oxygen atoms in total. The Kier molecular flexibility index (Phi) is 8.62. The molecule has 0 bridgehead atoms. The molecule has 138 valence electrons. The van der Waals surface area contributed by atoms with Crippen LogP contribution >= 0.6 is 11.3 Å². The van der Waals surface area contributed by atoms with E-state index in [4.69, 9.17) is 4.74 Å². The van der Waals surface area contributed by atoms with E-state index in [2.05, 4.69) is 10.6 Å². The fraction of sp³-hybridized carbons (Fsp3) is 0.500. The minimum Gasteiger partial charge on any atom is -0.454 e. The SMILES string of the molecule is CCCNC(=O)NC(=O)COC(=O)[C@H](NC(=O)c1cccs1)C(C)C. The van der Waals surface area contributed by atoms with Gasteiger partial charge in [-0.15, -0.1) is 11.3 Å². The highest BCUT2D eigenvalue weighted by Gasteiger charge is 2.27. The summed E-state index contributed by atoms with van der Waals surface area (Å²) in [5.41, 5.74) is 0. The zero-order valence-corrected chi connectivity index (χ0v) is 15.3. The average molecular weight is 369 g/mol. The Morgan fingerprint density at radius 3 is 2.52 bits per heavy atom. The highest BCUT2D eigenvalue weighted by Crippen LogP contribution is 2.11. The van der Waals surface area contributed by atoms with Crippen LogP contribution in [0.2, 0.25) is 0 Å². The molecule has 9 heteroatoms. The van der Waals surface area contributed by atoms with Gasteiger partial charge in [0.1, 0.15) is 6.04 Å². The van der Waals surface area contributed by atoms with Crippen molar-refractivity contribution < 1.29 is 23.9 Å². The molecule has 1 aromatic heterocycles. The average Bonchev–Trinajstić information content (AvgIpc) is 3.09. The molecule has 1 heterocycles. The smallest absolute Gasteiger partial charge is 0.329 e. The van der Waals surface area contributed by atoms with Crippen LogP contribution in [0.3, 0.4) is 0 Å². The van der Waals surface area contributed by atoms with Gasteiger partial charge in [0.25, 0.3) is 11.8 Å². The Labute approximate surface area is 150 Å². The summed E-state index contributed by atoms with van der Waals surface area (Å²) >= 11 is 1.26. The number of hydrogen-bond acceptors (Lipinski definition) is 6. The number of esters is 1. The highest BCUT2D eigenvalue weighted by molar-refractivity contribution is 7.12. The Bertz CT molecular complexity index is 601. The number of thiophene rings is 1. The van der Waals surface area contributed by atoms with Crippen LogP contribution in [0.1, 0.15) is 36.9 Å². The zero-order valence-electron chi connectivity index (χ0n) is 14.5. The predicted octanol–water partition coefficient (Wildman–Crippen LogP) is 1.28. The van der Waals surface area contributed by atoms with Crippen molar-refractivity contribution in [2.24, 2.45) is 5.92 Å². The lowest BCUT2D eigenvalue weighted by atomic mass is 10.0. The maximum absolute atomic E-state index is 12.1. The highest BCUT2D eigenvalue weighted by atomic mass is 32.1. The number of carbonyl (C=O) groups is 4. The molecule has 1 rings (SSSR count). The number of nitrogens with one attached hydrogen (secondary N) is 3. The van der Waals surface area contributed by atoms with Crippen LogP contribution in [0.4, 0.5) is 4.79 Å². The molecule has 0 aliphatic carbocycles. The van der Waals surface area contributed by atoms with Crippen LogP contribution < -0.4 is 16.0 Å². The van der Waals surface area contributed by atoms with Crippen molar-refractivity contribution in [3.05, 3.63) is 22.4 Å². The molecular weight excluding hydrogens is 346 g/mol. The fourth-order valence-corrected chi connectivity index (χ4v) is 2.42. The fourth-order valence-electron chi connectivity index (χ4n) is 1.79. The molecule has 0 spiro atoms. The number of imide groups is 1. The summed E-state index contributed by atoms with van der Waals surface area (Å²) in [4.78, 5) is 47.6. The van der Waals surface area contributed by atoms with E-state index in [1.807, 2.05) is 12.2 Å². The van der Waals surface area contributed by atoms with Crippen LogP contribution in [0, 0.1) is 5.92 Å². The van der Waals surface area contributed by atoms with Crippen molar-refractivity contribution in [3.63, 3.8) is 0 Å². The van der Waals surface area contributed by atoms with Crippen molar-refractivity contribution >= 4 is 35.2 Å². The van der Waals surface area contributed by atoms with E-state index >= 15 is 0 Å². The number of rotatable bonds is 8. The van der Waals surface area contributed by atoms with Crippen LogP contribution in [0.5, 0.6) is 0 Å². The summed E-state index contributed by atoms with van der Waals surface area (Å²) in [5, 5.41) is 8.87. The molecule has 0 radical (unpaired) electrons. The van der Waals surface area contributed by atoms with Gasteiger partial charge in [-0.3, -0.25) is 14.9 Å². The molecule has 0 saturated carbocycles. The van der Waals surface area contributed by atoms with E-state index < -0.39 is 30.6 Å². The maximum Gasteiger partial charge on any atom is 0.329 e. The summed E-state index contributed by atoms with van der Waals surface area (Å²) in [6.45, 7) is 5.21. The van der Waals surface area contributed by atoms with Gasteiger partial charge < -0.3 is 15.4 Å². The Morgan fingerprint density at radius 2 is 1.96 bits per heavy atom. The molecular formula is C16H23N3O5S. The van der Waals surface area contributed by atoms with Crippen molar-refractivity contribution in [2.45, 2.75) is 33.2 Å². The summed E-state index contributed by atoms with van der Waals surface area (Å²) in [6, 6.07) is 1.84. The van der Waals surface area contributed by atoms with Gasteiger partial charge in [-0.2, -0.15) is 0 Å². The number of urea groups is 1. The quantitative estimate of drug-likeness (QED) is 0.598. The number of hydrogen-bond donors (Lipinski definition) is 3. The summed E-state index contributed by atoms with van der Waals surface area (Å²) < 4.78 is 4.91. The third kappa shape index (κ3) is 7.34. The van der Waals surface area contributed by atoms with Gasteiger partial charge in [-0.1, -0.05) is 26.8 Å². The number of amides is 4. The van der Waals surface area contributed by atoms with Gasteiger partial charge in [0.15, 0.2) is 6.61 Å². The van der Waals surface area contributed by atoms with Crippen molar-refractivity contribution in [2.75, 3.05) is 13.2 Å². The summed E-state index contributed by atoms with van der Waals surface area (Å²) in [7, 11) is 0. The van der Waals surface area contributed by atoms with E-state index in [9.17, 15) is 19.2 Å². The minimum absolute atomic E-state index is 0.229. The molecule has 4 amide bonds. The molecule has 0 unspecified atom stereocenters. The first-order chi connectivity index (χ1) is 11.8. The van der Waals surface area contributed by atoms with Crippen LogP contribution in [-0.4, -0.2) is 43.0 Å². The maximum atomic E-state index is 12.1. The zero-order chi connectivity index (χ0) is 18.8. The number of ether oxygens (including phenoxy) is 1. The van der Waals surface area contributed by atoms with Crippen molar-refractivity contribution in [3.8, 4) is 0 Å². The summed E-state index contributed by atoms with van der Waals surface area (Å²) in [5.74, 6) is -2.08. The van der Waals surface area contributed by atoms with Crippen LogP contribution in [-0.2, 0) is 14.3 Å². The van der Waals surface area contributed by atoms with Gasteiger partial charge >= 0.3 is 12.0 Å². The lowest BCUT2D eigenvalue weighted by molar-refractivity contribution is -0.151. The second-order valence-corrected chi connectivity index (χ2v) is 6.53. The normalized spacial score (nSPS) is 11.5. The van der Waals surface area contributed by atoms with Gasteiger partial charge in [0, 0.05) is 6.54 Å². The monoisotopic (exact) mass is 369 g/mol. The largest absolute Gasteiger partial charge is 0.454 e. The Morgan fingerprint density at radius 1 is 1.24 bits per heavy atom. The van der Waals surface area contributed by atoms with Crippen molar-refractivity contribution in [1.29, 1.82) is 0 Å². The molecule has 3 N–H and O–H groups in total. The molecule has 25 heavy (non-hydrogen) atoms.